The lowest BCUT2D eigenvalue weighted by atomic mass is 10.1. The molecule has 0 saturated carbocycles. The maximum Gasteiger partial charge on any atom is 0.251 e. The third-order valence-corrected chi connectivity index (χ3v) is 7.22. The third-order valence-electron chi connectivity index (χ3n) is 7.22. The van der Waals surface area contributed by atoms with Gasteiger partial charge in [-0.05, 0) is 36.2 Å². The summed E-state index contributed by atoms with van der Waals surface area (Å²) in [5.74, 6) is 0.786. The number of carbonyl (C=O) groups excluding carboxylic acids is 2. The normalized spacial score (nSPS) is 19.4. The van der Waals surface area contributed by atoms with Crippen molar-refractivity contribution in [3.63, 3.8) is 0 Å². The number of ether oxygens (including phenoxy) is 4. The van der Waals surface area contributed by atoms with E-state index in [0.717, 1.165) is 11.3 Å². The van der Waals surface area contributed by atoms with Crippen molar-refractivity contribution in [3.05, 3.63) is 60.2 Å². The number of aliphatic hydroxyl groups excluding tert-OH is 2. The highest BCUT2D eigenvalue weighted by Gasteiger charge is 2.47. The molecular weight excluding hydrogens is 574 g/mol. The zero-order valence-corrected chi connectivity index (χ0v) is 24.5. The van der Waals surface area contributed by atoms with E-state index in [1.165, 1.54) is 45.6 Å². The molecule has 1 saturated heterocycles. The Bertz CT molecular complexity index is 1620. The van der Waals surface area contributed by atoms with Crippen molar-refractivity contribution < 1.29 is 38.7 Å². The summed E-state index contributed by atoms with van der Waals surface area (Å²) >= 11 is 0. The molecule has 5 rings (SSSR count). The van der Waals surface area contributed by atoms with Gasteiger partial charge in [-0.15, -0.1) is 0 Å². The van der Waals surface area contributed by atoms with Crippen molar-refractivity contribution in [2.75, 3.05) is 40.2 Å². The summed E-state index contributed by atoms with van der Waals surface area (Å²) in [5, 5.41) is 29.4. The summed E-state index contributed by atoms with van der Waals surface area (Å²) in [7, 11) is 5.90. The second-order valence-electron chi connectivity index (χ2n) is 9.83. The number of imidazole rings is 1. The van der Waals surface area contributed by atoms with Crippen molar-refractivity contribution >= 4 is 34.5 Å². The highest BCUT2D eigenvalue weighted by atomic mass is 16.6. The first-order valence-electron chi connectivity index (χ1n) is 13.6. The predicted octanol–water partition coefficient (Wildman–Crippen LogP) is 0.933. The van der Waals surface area contributed by atoms with Gasteiger partial charge >= 0.3 is 0 Å². The molecule has 2 aromatic carbocycles. The molecule has 2 aromatic heterocycles. The van der Waals surface area contributed by atoms with Gasteiger partial charge in [0.15, 0.2) is 40.8 Å². The van der Waals surface area contributed by atoms with Crippen molar-refractivity contribution in [3.8, 4) is 17.2 Å². The van der Waals surface area contributed by atoms with Gasteiger partial charge in [0.05, 0.1) is 27.7 Å². The van der Waals surface area contributed by atoms with Gasteiger partial charge in [-0.3, -0.25) is 14.2 Å². The molecule has 1 fully saturated rings. The van der Waals surface area contributed by atoms with Crippen LogP contribution in [0.3, 0.4) is 0 Å². The van der Waals surface area contributed by atoms with E-state index in [4.69, 9.17) is 18.9 Å². The van der Waals surface area contributed by atoms with Gasteiger partial charge < -0.3 is 45.1 Å². The molecule has 0 bridgehead atoms. The van der Waals surface area contributed by atoms with Crippen LogP contribution in [0.1, 0.15) is 22.1 Å². The van der Waals surface area contributed by atoms with Gasteiger partial charge in [0.2, 0.25) is 5.75 Å². The molecule has 3 heterocycles. The monoisotopic (exact) mass is 607 g/mol. The number of hydrogen-bond donors (Lipinski definition) is 5. The van der Waals surface area contributed by atoms with E-state index in [-0.39, 0.29) is 5.91 Å². The summed E-state index contributed by atoms with van der Waals surface area (Å²) in [4.78, 5) is 37.8. The van der Waals surface area contributed by atoms with Crippen LogP contribution in [0.5, 0.6) is 17.2 Å². The quantitative estimate of drug-likeness (QED) is 0.162. The number of aliphatic hydroxyl groups is 2. The maximum absolute atomic E-state index is 12.8. The molecule has 15 heteroatoms. The topological polar surface area (TPSA) is 191 Å². The second-order valence-corrected chi connectivity index (χ2v) is 9.83. The predicted molar refractivity (Wildman–Crippen MR) is 157 cm³/mol. The van der Waals surface area contributed by atoms with Crippen LogP contribution in [0.25, 0.3) is 11.2 Å². The number of likely N-dealkylation sites (N-methyl/N-ethyl adjacent to an activating group) is 1. The fourth-order valence-corrected chi connectivity index (χ4v) is 4.90. The Morgan fingerprint density at radius 2 is 1.68 bits per heavy atom. The van der Waals surface area contributed by atoms with E-state index in [2.05, 4.69) is 30.9 Å². The standard InChI is InChI=1S/C29H33N7O8/c1-30-28(40)24-21(37)22(38)29(44-24)36-14-34-20-25(32-13-33-26(20)36)35-17-7-5-15(6-8-17)9-10-31-27(39)16-11-18(41-2)23(43-4)19(12-16)42-3/h5-8,11-14,21-22,24,29,37-38H,9-10H2,1-4H3,(H,30,40)(H,31,39)(H,32,33,35)/t21-,22+,24-,29+/m0/s1. The SMILES string of the molecule is CNC(=O)[C@H]1O[C@@H](n2cnc3c(Nc4ccc(CCNC(=O)c5cc(OC)c(OC)c(OC)c5)cc4)ncnc32)[C@H](O)[C@@H]1O. The highest BCUT2D eigenvalue weighted by molar-refractivity contribution is 5.95. The van der Waals surface area contributed by atoms with Crippen molar-refractivity contribution in [2.45, 2.75) is 31.0 Å². The number of hydrogen-bond acceptors (Lipinski definition) is 12. The minimum Gasteiger partial charge on any atom is -0.493 e. The number of nitrogens with one attached hydrogen (secondary N) is 3. The fraction of sp³-hybridized carbons (Fsp3) is 0.345. The highest BCUT2D eigenvalue weighted by Crippen LogP contribution is 2.38. The Balaban J connectivity index is 1.22. The molecular formula is C29H33N7O8. The van der Waals surface area contributed by atoms with Crippen LogP contribution >= 0.6 is 0 Å². The van der Waals surface area contributed by atoms with E-state index in [0.29, 0.717) is 52.8 Å². The van der Waals surface area contributed by atoms with Crippen LogP contribution in [0, 0.1) is 0 Å². The van der Waals surface area contributed by atoms with Crippen LogP contribution in [0.2, 0.25) is 0 Å². The minimum atomic E-state index is -1.42. The lowest BCUT2D eigenvalue weighted by molar-refractivity contribution is -0.137. The summed E-state index contributed by atoms with van der Waals surface area (Å²) in [5.41, 5.74) is 2.86. The molecule has 2 amide bonds. The van der Waals surface area contributed by atoms with E-state index in [9.17, 15) is 19.8 Å². The first-order chi connectivity index (χ1) is 21.3. The number of carbonyl (C=O) groups is 2. The maximum atomic E-state index is 12.8. The van der Waals surface area contributed by atoms with E-state index >= 15 is 0 Å². The van der Waals surface area contributed by atoms with Gasteiger partial charge in [-0.25, -0.2) is 15.0 Å². The number of rotatable bonds is 11. The van der Waals surface area contributed by atoms with Gasteiger partial charge in [0.1, 0.15) is 18.5 Å². The number of fused-ring (bicyclic) bond motifs is 1. The zero-order valence-electron chi connectivity index (χ0n) is 24.5. The van der Waals surface area contributed by atoms with Crippen LogP contribution in [0.4, 0.5) is 11.5 Å². The molecule has 0 aliphatic carbocycles. The van der Waals surface area contributed by atoms with Crippen LogP contribution in [-0.4, -0.2) is 94.8 Å². The molecule has 44 heavy (non-hydrogen) atoms. The van der Waals surface area contributed by atoms with Crippen molar-refractivity contribution in [1.82, 2.24) is 30.2 Å². The Morgan fingerprint density at radius 3 is 2.32 bits per heavy atom. The summed E-state index contributed by atoms with van der Waals surface area (Å²) < 4.78 is 23.1. The average Bonchev–Trinajstić information content (AvgIpc) is 3.61. The molecule has 0 spiro atoms. The van der Waals surface area contributed by atoms with Crippen molar-refractivity contribution in [1.29, 1.82) is 0 Å². The Kier molecular flexibility index (Phi) is 9.08. The average molecular weight is 608 g/mol. The fourth-order valence-electron chi connectivity index (χ4n) is 4.90. The van der Waals surface area contributed by atoms with Crippen molar-refractivity contribution in [2.24, 2.45) is 0 Å². The number of aromatic nitrogens is 4. The molecule has 1 aliphatic heterocycles. The molecule has 0 unspecified atom stereocenters. The van der Waals surface area contributed by atoms with E-state index in [1.807, 2.05) is 24.3 Å². The Morgan fingerprint density at radius 1 is 0.977 bits per heavy atom. The molecule has 0 radical (unpaired) electrons. The summed E-state index contributed by atoms with van der Waals surface area (Å²) in [6.45, 7) is 0.400. The molecule has 1 aliphatic rings. The number of methoxy groups -OCH3 is 3. The molecule has 4 aromatic rings. The van der Waals surface area contributed by atoms with Gasteiger partial charge in [0, 0.05) is 24.8 Å². The van der Waals surface area contributed by atoms with Crippen LogP contribution < -0.4 is 30.2 Å². The summed E-state index contributed by atoms with van der Waals surface area (Å²) in [6.07, 6.45) is -1.77. The molecule has 15 nitrogen and oxygen atoms in total. The van der Waals surface area contributed by atoms with Gasteiger partial charge in [0.25, 0.3) is 11.8 Å². The Labute approximate surface area is 252 Å². The number of nitrogens with zero attached hydrogens (tertiary/aromatic N) is 4. The smallest absolute Gasteiger partial charge is 0.251 e. The third kappa shape index (κ3) is 5.92. The van der Waals surface area contributed by atoms with Crippen LogP contribution in [-0.2, 0) is 16.0 Å². The largest absolute Gasteiger partial charge is 0.493 e. The zero-order chi connectivity index (χ0) is 31.4. The van der Waals surface area contributed by atoms with Gasteiger partial charge in [-0.2, -0.15) is 0 Å². The van der Waals surface area contributed by atoms with E-state index in [1.54, 1.807) is 12.1 Å². The second kappa shape index (κ2) is 13.1. The lowest BCUT2D eigenvalue weighted by Crippen LogP contribution is -2.41. The minimum absolute atomic E-state index is 0.274. The molecule has 5 N–H and O–H groups in total. The summed E-state index contributed by atoms with van der Waals surface area (Å²) in [6, 6.07) is 10.8. The Hall–Kier alpha value is -4.99. The molecule has 232 valence electrons. The first-order valence-corrected chi connectivity index (χ1v) is 13.6. The molecule has 4 atom stereocenters. The number of anilines is 2. The number of amides is 2. The van der Waals surface area contributed by atoms with Gasteiger partial charge in [-0.1, -0.05) is 12.1 Å². The first kappa shape index (κ1) is 30.5. The number of benzene rings is 2. The lowest BCUT2D eigenvalue weighted by Gasteiger charge is -2.16. The van der Waals surface area contributed by atoms with Crippen LogP contribution in [0.15, 0.2) is 49.1 Å². The van der Waals surface area contributed by atoms with E-state index < -0.39 is 30.4 Å².